The number of carbonyl (C=O) groups excluding carboxylic acids is 1. The summed E-state index contributed by atoms with van der Waals surface area (Å²) in [6.45, 7) is 0.627. The molecule has 0 aliphatic carbocycles. The SMILES string of the molecule is O=C1CCCCCCCC/C=C\CCCCCCCCO1. The van der Waals surface area contributed by atoms with Crippen LogP contribution >= 0.6 is 0 Å². The average molecular weight is 294 g/mol. The van der Waals surface area contributed by atoms with E-state index in [9.17, 15) is 4.79 Å². The number of carbonyl (C=O) groups is 1. The van der Waals surface area contributed by atoms with E-state index in [0.717, 1.165) is 12.8 Å². The Hall–Kier alpha value is -0.790. The van der Waals surface area contributed by atoms with Crippen LogP contribution in [0.25, 0.3) is 0 Å². The first-order valence-electron chi connectivity index (χ1n) is 9.20. The monoisotopic (exact) mass is 294 g/mol. The van der Waals surface area contributed by atoms with Gasteiger partial charge in [0.2, 0.25) is 0 Å². The Bertz CT molecular complexity index is 271. The Morgan fingerprint density at radius 2 is 1.10 bits per heavy atom. The lowest BCUT2D eigenvalue weighted by Gasteiger charge is -2.05. The van der Waals surface area contributed by atoms with E-state index in [1.54, 1.807) is 0 Å². The number of hydrogen-bond acceptors (Lipinski definition) is 2. The van der Waals surface area contributed by atoms with Crippen LogP contribution in [0.1, 0.15) is 96.3 Å². The normalized spacial score (nSPS) is 23.9. The molecule has 0 unspecified atom stereocenters. The molecule has 1 aliphatic heterocycles. The largest absolute Gasteiger partial charge is 0.466 e. The lowest BCUT2D eigenvalue weighted by molar-refractivity contribution is -0.143. The van der Waals surface area contributed by atoms with E-state index in [4.69, 9.17) is 4.74 Å². The minimum Gasteiger partial charge on any atom is -0.466 e. The van der Waals surface area contributed by atoms with Crippen molar-refractivity contribution in [2.75, 3.05) is 6.61 Å². The lowest BCUT2D eigenvalue weighted by Crippen LogP contribution is -2.05. The van der Waals surface area contributed by atoms with Crippen LogP contribution in [0.4, 0.5) is 0 Å². The molecule has 122 valence electrons. The third-order valence-corrected chi connectivity index (χ3v) is 4.20. The van der Waals surface area contributed by atoms with Crippen molar-refractivity contribution in [1.29, 1.82) is 0 Å². The third-order valence-electron chi connectivity index (χ3n) is 4.20. The maximum atomic E-state index is 11.5. The fraction of sp³-hybridized carbons (Fsp3) is 0.842. The molecule has 0 aromatic carbocycles. The highest BCUT2D eigenvalue weighted by molar-refractivity contribution is 5.69. The van der Waals surface area contributed by atoms with Crippen molar-refractivity contribution in [2.45, 2.75) is 96.3 Å². The van der Waals surface area contributed by atoms with Gasteiger partial charge in [-0.1, -0.05) is 63.5 Å². The molecule has 1 heterocycles. The zero-order chi connectivity index (χ0) is 15.0. The van der Waals surface area contributed by atoms with Gasteiger partial charge in [-0.15, -0.1) is 0 Å². The van der Waals surface area contributed by atoms with Crippen molar-refractivity contribution in [1.82, 2.24) is 0 Å². The highest BCUT2D eigenvalue weighted by atomic mass is 16.5. The van der Waals surface area contributed by atoms with Gasteiger partial charge in [0.05, 0.1) is 6.61 Å². The highest BCUT2D eigenvalue weighted by Gasteiger charge is 2.02. The zero-order valence-corrected chi connectivity index (χ0v) is 13.8. The maximum absolute atomic E-state index is 11.5. The predicted molar refractivity (Wildman–Crippen MR) is 89.4 cm³/mol. The second-order valence-corrected chi connectivity index (χ2v) is 6.26. The lowest BCUT2D eigenvalue weighted by atomic mass is 10.1. The van der Waals surface area contributed by atoms with Crippen LogP contribution in [0.2, 0.25) is 0 Å². The van der Waals surface area contributed by atoms with Gasteiger partial charge in [0, 0.05) is 6.42 Å². The topological polar surface area (TPSA) is 26.3 Å². The molecule has 0 bridgehead atoms. The molecule has 0 amide bonds. The van der Waals surface area contributed by atoms with Crippen molar-refractivity contribution in [3.8, 4) is 0 Å². The van der Waals surface area contributed by atoms with Gasteiger partial charge in [-0.3, -0.25) is 4.79 Å². The van der Waals surface area contributed by atoms with E-state index < -0.39 is 0 Å². The first kappa shape index (κ1) is 18.3. The Kier molecular flexibility index (Phi) is 12.3. The first-order valence-corrected chi connectivity index (χ1v) is 9.20. The summed E-state index contributed by atoms with van der Waals surface area (Å²) >= 11 is 0. The van der Waals surface area contributed by atoms with E-state index in [1.807, 2.05) is 0 Å². The molecular formula is C19H34O2. The molecular weight excluding hydrogens is 260 g/mol. The van der Waals surface area contributed by atoms with E-state index >= 15 is 0 Å². The van der Waals surface area contributed by atoms with E-state index in [1.165, 1.54) is 77.0 Å². The number of cyclic esters (lactones) is 1. The molecule has 0 atom stereocenters. The van der Waals surface area contributed by atoms with Crippen molar-refractivity contribution < 1.29 is 9.53 Å². The quantitative estimate of drug-likeness (QED) is 0.407. The molecule has 0 aromatic rings. The van der Waals surface area contributed by atoms with Crippen LogP contribution in [0.5, 0.6) is 0 Å². The fourth-order valence-electron chi connectivity index (χ4n) is 2.80. The van der Waals surface area contributed by atoms with Crippen LogP contribution in [-0.2, 0) is 9.53 Å². The molecule has 0 saturated heterocycles. The van der Waals surface area contributed by atoms with Gasteiger partial charge in [0.25, 0.3) is 0 Å². The second-order valence-electron chi connectivity index (χ2n) is 6.26. The minimum absolute atomic E-state index is 0.00883. The Labute approximate surface area is 131 Å². The van der Waals surface area contributed by atoms with Gasteiger partial charge >= 0.3 is 5.97 Å². The summed E-state index contributed by atoms with van der Waals surface area (Å²) in [7, 11) is 0. The number of allylic oxidation sites excluding steroid dienone is 2. The average Bonchev–Trinajstić information content (AvgIpc) is 2.48. The molecule has 1 rings (SSSR count). The summed E-state index contributed by atoms with van der Waals surface area (Å²) < 4.78 is 5.28. The van der Waals surface area contributed by atoms with Gasteiger partial charge in [0.15, 0.2) is 0 Å². The molecule has 0 N–H and O–H groups in total. The van der Waals surface area contributed by atoms with Crippen molar-refractivity contribution in [3.63, 3.8) is 0 Å². The van der Waals surface area contributed by atoms with Crippen LogP contribution in [0, 0.1) is 0 Å². The summed E-state index contributed by atoms with van der Waals surface area (Å²) in [4.78, 5) is 11.5. The minimum atomic E-state index is 0.00883. The van der Waals surface area contributed by atoms with Crippen molar-refractivity contribution >= 4 is 5.97 Å². The Morgan fingerprint density at radius 3 is 1.71 bits per heavy atom. The van der Waals surface area contributed by atoms with Gasteiger partial charge in [-0.05, 0) is 38.5 Å². The van der Waals surface area contributed by atoms with Gasteiger partial charge in [-0.25, -0.2) is 0 Å². The molecule has 2 nitrogen and oxygen atoms in total. The van der Waals surface area contributed by atoms with E-state index in [2.05, 4.69) is 12.2 Å². The fourth-order valence-corrected chi connectivity index (χ4v) is 2.80. The second kappa shape index (κ2) is 14.2. The summed E-state index contributed by atoms with van der Waals surface area (Å²) in [5.74, 6) is 0.00883. The van der Waals surface area contributed by atoms with Crippen LogP contribution in [0.3, 0.4) is 0 Å². The maximum Gasteiger partial charge on any atom is 0.305 e. The standard InChI is InChI=1S/C19H34O2/c20-19-17-15-13-11-9-7-5-3-1-2-4-6-8-10-12-14-16-18-21-19/h1-2H,3-18H2/b2-1-. The first-order chi connectivity index (χ1) is 10.4. The summed E-state index contributed by atoms with van der Waals surface area (Å²) in [5.41, 5.74) is 0. The zero-order valence-electron chi connectivity index (χ0n) is 13.8. The molecule has 1 aliphatic rings. The molecule has 21 heavy (non-hydrogen) atoms. The molecule has 0 fully saturated rings. The Balaban J connectivity index is 2.15. The Morgan fingerprint density at radius 1 is 0.619 bits per heavy atom. The van der Waals surface area contributed by atoms with Crippen molar-refractivity contribution in [3.05, 3.63) is 12.2 Å². The summed E-state index contributed by atoms with van der Waals surface area (Å²) in [6, 6.07) is 0. The number of esters is 1. The number of ether oxygens (including phenoxy) is 1. The predicted octanol–water partition coefficient (Wildman–Crippen LogP) is 5.95. The molecule has 0 saturated carbocycles. The number of hydrogen-bond donors (Lipinski definition) is 0. The number of rotatable bonds is 0. The van der Waals surface area contributed by atoms with E-state index in [0.29, 0.717) is 13.0 Å². The van der Waals surface area contributed by atoms with Crippen LogP contribution < -0.4 is 0 Å². The molecule has 0 radical (unpaired) electrons. The summed E-state index contributed by atoms with van der Waals surface area (Å²) in [5, 5.41) is 0. The van der Waals surface area contributed by atoms with Gasteiger partial charge in [0.1, 0.15) is 0 Å². The van der Waals surface area contributed by atoms with Crippen molar-refractivity contribution in [2.24, 2.45) is 0 Å². The van der Waals surface area contributed by atoms with Crippen LogP contribution in [-0.4, -0.2) is 12.6 Å². The van der Waals surface area contributed by atoms with E-state index in [-0.39, 0.29) is 5.97 Å². The third kappa shape index (κ3) is 12.6. The van der Waals surface area contributed by atoms with Gasteiger partial charge < -0.3 is 4.74 Å². The smallest absolute Gasteiger partial charge is 0.305 e. The summed E-state index contributed by atoms with van der Waals surface area (Å²) in [6.07, 6.45) is 22.7. The molecule has 0 aromatic heterocycles. The van der Waals surface area contributed by atoms with Gasteiger partial charge in [-0.2, -0.15) is 0 Å². The highest BCUT2D eigenvalue weighted by Crippen LogP contribution is 2.11. The molecule has 0 spiro atoms. The molecule has 2 heteroatoms. The van der Waals surface area contributed by atoms with Crippen LogP contribution in [0.15, 0.2) is 12.2 Å².